The standard InChI is InChI=1S/C15H28N2O4.ClH/c1-3-4-6-9-20-10-7-5-8-13(18)17-15(16)12(2)11-21-14(15)19;/h12H,3-11,16H2,1-2H3,(H,17,18);1H/t12-,15+;/m1./s1. The van der Waals surface area contributed by atoms with Crippen molar-refractivity contribution < 1.29 is 19.1 Å². The van der Waals surface area contributed by atoms with Gasteiger partial charge in [-0.3, -0.25) is 10.5 Å². The summed E-state index contributed by atoms with van der Waals surface area (Å²) in [5, 5.41) is 2.60. The average Bonchev–Trinajstić information content (AvgIpc) is 2.69. The Morgan fingerprint density at radius 3 is 2.55 bits per heavy atom. The van der Waals surface area contributed by atoms with Crippen molar-refractivity contribution in [3.8, 4) is 0 Å². The van der Waals surface area contributed by atoms with Crippen LogP contribution in [0.2, 0.25) is 0 Å². The molecule has 1 aliphatic rings. The van der Waals surface area contributed by atoms with Gasteiger partial charge in [0.2, 0.25) is 5.91 Å². The van der Waals surface area contributed by atoms with E-state index >= 15 is 0 Å². The molecule has 6 nitrogen and oxygen atoms in total. The first-order chi connectivity index (χ1) is 10.0. The van der Waals surface area contributed by atoms with Crippen LogP contribution in [0, 0.1) is 5.92 Å². The molecule has 1 saturated heterocycles. The molecule has 1 rings (SSSR count). The molecular formula is C15H29ClN2O4. The van der Waals surface area contributed by atoms with E-state index in [1.807, 2.05) is 0 Å². The number of rotatable bonds is 10. The van der Waals surface area contributed by atoms with Crippen molar-refractivity contribution in [2.45, 2.75) is 58.0 Å². The summed E-state index contributed by atoms with van der Waals surface area (Å²) in [6.45, 7) is 5.65. The van der Waals surface area contributed by atoms with Crippen LogP contribution >= 0.6 is 12.4 Å². The number of cyclic esters (lactones) is 1. The van der Waals surface area contributed by atoms with Crippen molar-refractivity contribution in [3.63, 3.8) is 0 Å². The molecule has 7 heteroatoms. The minimum Gasteiger partial charge on any atom is -0.462 e. The van der Waals surface area contributed by atoms with E-state index in [4.69, 9.17) is 15.2 Å². The first-order valence-corrected chi connectivity index (χ1v) is 7.85. The number of ether oxygens (including phenoxy) is 2. The summed E-state index contributed by atoms with van der Waals surface area (Å²) in [7, 11) is 0. The van der Waals surface area contributed by atoms with E-state index in [1.54, 1.807) is 6.92 Å². The Labute approximate surface area is 138 Å². The largest absolute Gasteiger partial charge is 0.462 e. The highest BCUT2D eigenvalue weighted by Crippen LogP contribution is 2.21. The third-order valence-corrected chi connectivity index (χ3v) is 3.76. The van der Waals surface area contributed by atoms with Gasteiger partial charge in [-0.25, -0.2) is 4.79 Å². The second-order valence-electron chi connectivity index (χ2n) is 5.69. The van der Waals surface area contributed by atoms with Gasteiger partial charge in [0.05, 0.1) is 6.61 Å². The zero-order valence-corrected chi connectivity index (χ0v) is 14.4. The van der Waals surface area contributed by atoms with Crippen LogP contribution in [-0.2, 0) is 19.1 Å². The number of esters is 1. The molecule has 22 heavy (non-hydrogen) atoms. The second kappa shape index (κ2) is 10.8. The number of nitrogens with one attached hydrogen (secondary N) is 1. The van der Waals surface area contributed by atoms with E-state index in [2.05, 4.69) is 12.2 Å². The molecule has 2 atom stereocenters. The Balaban J connectivity index is 0.00000441. The summed E-state index contributed by atoms with van der Waals surface area (Å²) in [6.07, 6.45) is 5.36. The van der Waals surface area contributed by atoms with Gasteiger partial charge in [-0.15, -0.1) is 12.4 Å². The molecule has 0 radical (unpaired) electrons. The molecule has 1 amide bonds. The Hall–Kier alpha value is -0.850. The quantitative estimate of drug-likeness (QED) is 0.360. The van der Waals surface area contributed by atoms with Crippen LogP contribution in [0.15, 0.2) is 0 Å². The lowest BCUT2D eigenvalue weighted by molar-refractivity contribution is -0.145. The fraction of sp³-hybridized carbons (Fsp3) is 0.867. The highest BCUT2D eigenvalue weighted by Gasteiger charge is 2.48. The van der Waals surface area contributed by atoms with Crippen molar-refractivity contribution in [2.75, 3.05) is 19.8 Å². The summed E-state index contributed by atoms with van der Waals surface area (Å²) in [5.74, 6) is -0.979. The minimum atomic E-state index is -1.37. The molecule has 0 aromatic rings. The number of halogens is 1. The Kier molecular flexibility index (Phi) is 10.4. The predicted molar refractivity (Wildman–Crippen MR) is 86.6 cm³/mol. The fourth-order valence-electron chi connectivity index (χ4n) is 2.17. The Morgan fingerprint density at radius 1 is 1.36 bits per heavy atom. The smallest absolute Gasteiger partial charge is 0.347 e. The van der Waals surface area contributed by atoms with Gasteiger partial charge in [-0.1, -0.05) is 26.7 Å². The van der Waals surface area contributed by atoms with E-state index < -0.39 is 11.6 Å². The van der Waals surface area contributed by atoms with Gasteiger partial charge in [0.25, 0.3) is 0 Å². The van der Waals surface area contributed by atoms with Gasteiger partial charge in [-0.05, 0) is 19.3 Å². The van der Waals surface area contributed by atoms with Gasteiger partial charge in [0.15, 0.2) is 5.66 Å². The van der Waals surface area contributed by atoms with Crippen LogP contribution in [0.5, 0.6) is 0 Å². The number of nitrogens with two attached hydrogens (primary N) is 1. The van der Waals surface area contributed by atoms with Crippen molar-refractivity contribution in [3.05, 3.63) is 0 Å². The monoisotopic (exact) mass is 336 g/mol. The van der Waals surface area contributed by atoms with Crippen LogP contribution < -0.4 is 11.1 Å². The molecule has 0 aliphatic carbocycles. The highest BCUT2D eigenvalue weighted by molar-refractivity contribution is 5.89. The van der Waals surface area contributed by atoms with Crippen molar-refractivity contribution in [1.82, 2.24) is 5.32 Å². The first kappa shape index (κ1) is 21.1. The summed E-state index contributed by atoms with van der Waals surface area (Å²) >= 11 is 0. The molecule has 0 spiro atoms. The van der Waals surface area contributed by atoms with Crippen molar-refractivity contribution >= 4 is 24.3 Å². The predicted octanol–water partition coefficient (Wildman–Crippen LogP) is 1.75. The third kappa shape index (κ3) is 6.50. The van der Waals surface area contributed by atoms with Gasteiger partial charge in [0.1, 0.15) is 0 Å². The molecule has 1 aliphatic heterocycles. The topological polar surface area (TPSA) is 90.6 Å². The van der Waals surface area contributed by atoms with E-state index in [1.165, 1.54) is 12.8 Å². The van der Waals surface area contributed by atoms with Crippen LogP contribution in [0.4, 0.5) is 0 Å². The molecule has 0 aromatic heterocycles. The Morgan fingerprint density at radius 2 is 2.00 bits per heavy atom. The summed E-state index contributed by atoms with van der Waals surface area (Å²) in [5.41, 5.74) is 4.55. The number of carbonyl (C=O) groups excluding carboxylic acids is 2. The van der Waals surface area contributed by atoms with Gasteiger partial charge < -0.3 is 14.8 Å². The minimum absolute atomic E-state index is 0. The van der Waals surface area contributed by atoms with E-state index in [-0.39, 0.29) is 30.8 Å². The van der Waals surface area contributed by atoms with Crippen LogP contribution in [0.1, 0.15) is 52.4 Å². The number of hydrogen-bond donors (Lipinski definition) is 2. The SMILES string of the molecule is CCCCCOCCCCC(=O)N[C@]1(N)C(=O)OC[C@H]1C.Cl. The lowest BCUT2D eigenvalue weighted by atomic mass is 9.98. The zero-order valence-electron chi connectivity index (χ0n) is 13.6. The second-order valence-corrected chi connectivity index (χ2v) is 5.69. The highest BCUT2D eigenvalue weighted by atomic mass is 35.5. The van der Waals surface area contributed by atoms with E-state index in [0.717, 1.165) is 25.9 Å². The zero-order chi connectivity index (χ0) is 15.7. The number of hydrogen-bond acceptors (Lipinski definition) is 5. The maximum atomic E-state index is 11.8. The van der Waals surface area contributed by atoms with Crippen LogP contribution in [-0.4, -0.2) is 37.4 Å². The van der Waals surface area contributed by atoms with Crippen molar-refractivity contribution in [1.29, 1.82) is 0 Å². The maximum absolute atomic E-state index is 11.8. The molecule has 0 bridgehead atoms. The molecule has 3 N–H and O–H groups in total. The molecule has 1 fully saturated rings. The van der Waals surface area contributed by atoms with Gasteiger partial charge in [0, 0.05) is 25.6 Å². The van der Waals surface area contributed by atoms with Crippen molar-refractivity contribution in [2.24, 2.45) is 11.7 Å². The fourth-order valence-corrected chi connectivity index (χ4v) is 2.17. The average molecular weight is 337 g/mol. The molecule has 130 valence electrons. The number of carbonyl (C=O) groups is 2. The lowest BCUT2D eigenvalue weighted by Crippen LogP contribution is -2.62. The first-order valence-electron chi connectivity index (χ1n) is 7.85. The lowest BCUT2D eigenvalue weighted by Gasteiger charge is -2.25. The van der Waals surface area contributed by atoms with Gasteiger partial charge in [-0.2, -0.15) is 0 Å². The van der Waals surface area contributed by atoms with Crippen LogP contribution in [0.25, 0.3) is 0 Å². The number of amides is 1. The molecule has 0 saturated carbocycles. The molecule has 0 aromatic carbocycles. The molecular weight excluding hydrogens is 308 g/mol. The summed E-state index contributed by atoms with van der Waals surface area (Å²) < 4.78 is 10.3. The number of unbranched alkanes of at least 4 members (excludes halogenated alkanes) is 3. The van der Waals surface area contributed by atoms with E-state index in [0.29, 0.717) is 13.0 Å². The summed E-state index contributed by atoms with van der Waals surface area (Å²) in [4.78, 5) is 23.4. The normalized spacial score (nSPS) is 23.8. The maximum Gasteiger partial charge on any atom is 0.347 e. The Bertz CT molecular complexity index is 354. The molecule has 0 unspecified atom stereocenters. The van der Waals surface area contributed by atoms with Crippen LogP contribution in [0.3, 0.4) is 0 Å². The third-order valence-electron chi connectivity index (χ3n) is 3.76. The van der Waals surface area contributed by atoms with E-state index in [9.17, 15) is 9.59 Å². The molecule has 1 heterocycles. The summed E-state index contributed by atoms with van der Waals surface area (Å²) in [6, 6.07) is 0. The van der Waals surface area contributed by atoms with Gasteiger partial charge >= 0.3 is 5.97 Å².